The number of benzene rings is 2. The number of hydrogen-bond acceptors (Lipinski definition) is 3. The molecule has 2 aromatic carbocycles. The molecule has 23 heavy (non-hydrogen) atoms. The summed E-state index contributed by atoms with van der Waals surface area (Å²) in [6, 6.07) is 12.6. The van der Waals surface area contributed by atoms with E-state index in [4.69, 9.17) is 0 Å². The fourth-order valence-corrected chi connectivity index (χ4v) is 3.87. The van der Waals surface area contributed by atoms with Crippen molar-refractivity contribution in [3.8, 4) is 0 Å². The first-order valence-electron chi connectivity index (χ1n) is 6.77. The molecule has 0 aromatic heterocycles. The van der Waals surface area contributed by atoms with Gasteiger partial charge in [0.15, 0.2) is 5.37 Å². The number of carbonyl (C=O) groups excluding carboxylic acids is 2. The lowest BCUT2D eigenvalue weighted by Crippen LogP contribution is -2.32. The van der Waals surface area contributed by atoms with Crippen molar-refractivity contribution in [1.29, 1.82) is 0 Å². The van der Waals surface area contributed by atoms with Crippen molar-refractivity contribution in [1.82, 2.24) is 4.90 Å². The second kappa shape index (κ2) is 6.33. The van der Waals surface area contributed by atoms with Gasteiger partial charge in [0.2, 0.25) is 0 Å². The van der Waals surface area contributed by atoms with Gasteiger partial charge in [-0.15, -0.1) is 0 Å². The molecule has 0 spiro atoms. The Kier molecular flexibility index (Phi) is 4.41. The summed E-state index contributed by atoms with van der Waals surface area (Å²) < 4.78 is 14.8. The summed E-state index contributed by atoms with van der Waals surface area (Å²) in [5.41, 5.74) is -0.0235. The molecule has 0 N–H and O–H groups in total. The summed E-state index contributed by atoms with van der Waals surface area (Å²) in [7, 11) is 1.54. The van der Waals surface area contributed by atoms with Gasteiger partial charge < -0.3 is 4.90 Å². The van der Waals surface area contributed by atoms with E-state index >= 15 is 0 Å². The summed E-state index contributed by atoms with van der Waals surface area (Å²) in [5, 5.41) is -0.735. The summed E-state index contributed by atoms with van der Waals surface area (Å²) in [6.07, 6.45) is 0. The number of likely N-dealkylation sites (N-methyl/N-ethyl adjacent to an activating group) is 1. The van der Waals surface area contributed by atoms with Crippen LogP contribution in [0, 0.1) is 5.82 Å². The van der Waals surface area contributed by atoms with Crippen LogP contribution in [0.1, 0.15) is 0 Å². The third-order valence-electron chi connectivity index (χ3n) is 3.45. The lowest BCUT2D eigenvalue weighted by atomic mass is 10.3. The van der Waals surface area contributed by atoms with Crippen molar-refractivity contribution in [2.45, 2.75) is 10.3 Å². The summed E-state index contributed by atoms with van der Waals surface area (Å²) in [5.74, 6) is -1.06. The number of anilines is 1. The highest BCUT2D eigenvalue weighted by Crippen LogP contribution is 2.37. The largest absolute Gasteiger partial charge is 0.332 e. The molecular formula is C16H12BrFN2O2S. The van der Waals surface area contributed by atoms with Gasteiger partial charge >= 0.3 is 6.03 Å². The Bertz CT molecular complexity index is 786. The van der Waals surface area contributed by atoms with Gasteiger partial charge in [0, 0.05) is 16.4 Å². The van der Waals surface area contributed by atoms with E-state index in [0.29, 0.717) is 0 Å². The zero-order valence-corrected chi connectivity index (χ0v) is 14.5. The third kappa shape index (κ3) is 2.86. The van der Waals surface area contributed by atoms with Crippen molar-refractivity contribution < 1.29 is 14.0 Å². The number of urea groups is 1. The van der Waals surface area contributed by atoms with Crippen molar-refractivity contribution in [3.63, 3.8) is 0 Å². The van der Waals surface area contributed by atoms with Gasteiger partial charge in [-0.2, -0.15) is 0 Å². The van der Waals surface area contributed by atoms with Gasteiger partial charge in [-0.25, -0.2) is 14.1 Å². The predicted octanol–water partition coefficient (Wildman–Crippen LogP) is 4.11. The second-order valence-corrected chi connectivity index (χ2v) is 6.90. The Hall–Kier alpha value is -1.86. The van der Waals surface area contributed by atoms with Gasteiger partial charge in [-0.1, -0.05) is 36.0 Å². The van der Waals surface area contributed by atoms with Gasteiger partial charge in [-0.3, -0.25) is 4.79 Å². The first-order chi connectivity index (χ1) is 11.0. The number of imide groups is 1. The maximum Gasteiger partial charge on any atom is 0.332 e. The van der Waals surface area contributed by atoms with E-state index in [1.807, 2.05) is 24.3 Å². The Morgan fingerprint density at radius 1 is 1.09 bits per heavy atom. The van der Waals surface area contributed by atoms with E-state index in [2.05, 4.69) is 15.9 Å². The van der Waals surface area contributed by atoms with Crippen LogP contribution in [0.3, 0.4) is 0 Å². The van der Waals surface area contributed by atoms with Crippen LogP contribution >= 0.6 is 27.7 Å². The fourth-order valence-electron chi connectivity index (χ4n) is 2.27. The van der Waals surface area contributed by atoms with E-state index in [-0.39, 0.29) is 5.69 Å². The number of rotatable bonds is 3. The molecule has 1 aliphatic rings. The highest BCUT2D eigenvalue weighted by Gasteiger charge is 2.45. The molecule has 1 atom stereocenters. The average molecular weight is 395 g/mol. The highest BCUT2D eigenvalue weighted by atomic mass is 79.9. The van der Waals surface area contributed by atoms with Crippen molar-refractivity contribution >= 4 is 45.3 Å². The van der Waals surface area contributed by atoms with Gasteiger partial charge in [0.05, 0.1) is 5.69 Å². The minimum atomic E-state index is -0.735. The van der Waals surface area contributed by atoms with E-state index in [9.17, 15) is 14.0 Å². The molecule has 1 aliphatic heterocycles. The molecular weight excluding hydrogens is 383 g/mol. The lowest BCUT2D eigenvalue weighted by Gasteiger charge is -2.16. The number of thioether (sulfide) groups is 1. The topological polar surface area (TPSA) is 40.6 Å². The number of nitrogens with zero attached hydrogens (tertiary/aromatic N) is 2. The molecule has 1 saturated heterocycles. The second-order valence-electron chi connectivity index (χ2n) is 4.92. The number of carbonyl (C=O) groups is 2. The SMILES string of the molecule is CN1C(=O)N(c2ccccc2F)C(=O)C1Sc1ccccc1Br. The third-order valence-corrected chi connectivity index (χ3v) is 5.75. The molecule has 0 saturated carbocycles. The first-order valence-corrected chi connectivity index (χ1v) is 8.44. The quantitative estimate of drug-likeness (QED) is 0.735. The molecule has 0 aliphatic carbocycles. The van der Waals surface area contributed by atoms with E-state index in [1.165, 1.54) is 41.9 Å². The minimum absolute atomic E-state index is 0.0235. The number of hydrogen-bond donors (Lipinski definition) is 0. The van der Waals surface area contributed by atoms with Crippen LogP contribution in [0.4, 0.5) is 14.9 Å². The number of amides is 3. The molecule has 3 amide bonds. The molecule has 1 heterocycles. The Balaban J connectivity index is 1.93. The fraction of sp³-hybridized carbons (Fsp3) is 0.125. The van der Waals surface area contributed by atoms with Crippen molar-refractivity contribution in [3.05, 3.63) is 58.8 Å². The molecule has 3 rings (SSSR count). The predicted molar refractivity (Wildman–Crippen MR) is 90.8 cm³/mol. The van der Waals surface area contributed by atoms with E-state index < -0.39 is 23.1 Å². The van der Waals surface area contributed by atoms with Crippen LogP contribution in [-0.2, 0) is 4.79 Å². The van der Waals surface area contributed by atoms with Crippen LogP contribution in [0.2, 0.25) is 0 Å². The molecule has 4 nitrogen and oxygen atoms in total. The Morgan fingerprint density at radius 3 is 2.43 bits per heavy atom. The zero-order valence-electron chi connectivity index (χ0n) is 12.1. The van der Waals surface area contributed by atoms with Crippen LogP contribution in [-0.4, -0.2) is 29.3 Å². The molecule has 0 radical (unpaired) electrons. The Morgan fingerprint density at radius 2 is 1.74 bits per heavy atom. The van der Waals surface area contributed by atoms with Gasteiger partial charge in [0.25, 0.3) is 5.91 Å². The van der Waals surface area contributed by atoms with Gasteiger partial charge in [0.1, 0.15) is 5.82 Å². The average Bonchev–Trinajstić information content (AvgIpc) is 2.74. The van der Waals surface area contributed by atoms with Crippen LogP contribution in [0.15, 0.2) is 57.9 Å². The summed E-state index contributed by atoms with van der Waals surface area (Å²) in [6.45, 7) is 0. The highest BCUT2D eigenvalue weighted by molar-refractivity contribution is 9.10. The van der Waals surface area contributed by atoms with Crippen molar-refractivity contribution in [2.75, 3.05) is 11.9 Å². The van der Waals surface area contributed by atoms with Crippen LogP contribution < -0.4 is 4.90 Å². The van der Waals surface area contributed by atoms with Gasteiger partial charge in [-0.05, 0) is 40.2 Å². The molecule has 7 heteroatoms. The Labute approximate surface area is 145 Å². The van der Waals surface area contributed by atoms with Crippen molar-refractivity contribution in [2.24, 2.45) is 0 Å². The molecule has 118 valence electrons. The lowest BCUT2D eigenvalue weighted by molar-refractivity contribution is -0.117. The molecule has 1 fully saturated rings. The molecule has 0 bridgehead atoms. The molecule has 1 unspecified atom stereocenters. The monoisotopic (exact) mass is 394 g/mol. The first kappa shape index (κ1) is 16.0. The summed E-state index contributed by atoms with van der Waals surface area (Å²) in [4.78, 5) is 28.1. The van der Waals surface area contributed by atoms with Crippen LogP contribution in [0.25, 0.3) is 0 Å². The maximum atomic E-state index is 14.0. The normalized spacial score (nSPS) is 18.0. The molecule has 2 aromatic rings. The van der Waals surface area contributed by atoms with E-state index in [1.54, 1.807) is 6.07 Å². The van der Waals surface area contributed by atoms with E-state index in [0.717, 1.165) is 14.3 Å². The van der Waals surface area contributed by atoms with Crippen LogP contribution in [0.5, 0.6) is 0 Å². The minimum Gasteiger partial charge on any atom is -0.306 e. The maximum absolute atomic E-state index is 14.0. The number of halogens is 2. The smallest absolute Gasteiger partial charge is 0.306 e. The standard InChI is InChI=1S/C16H12BrFN2O2S/c1-19-15(23-13-9-5-2-6-10(13)17)14(21)20(16(19)22)12-8-4-3-7-11(12)18/h2-9,15H,1H3. The zero-order chi connectivity index (χ0) is 16.6. The number of para-hydroxylation sites is 1. The summed E-state index contributed by atoms with van der Waals surface area (Å²) >= 11 is 4.67.